The Bertz CT molecular complexity index is 522. The third-order valence-corrected chi connectivity index (χ3v) is 9.54. The van der Waals surface area contributed by atoms with Gasteiger partial charge in [-0.15, -0.1) is 11.6 Å². The fraction of sp³-hybridized carbons (Fsp3) is 0.250. The van der Waals surface area contributed by atoms with Crippen molar-refractivity contribution in [2.24, 2.45) is 0 Å². The molecule has 19 heavy (non-hydrogen) atoms. The average molecular weight is 354 g/mol. The number of alkyl halides is 1. The SMILES string of the molecule is C[Si](C)(c1ccccc1)C(Cl)Cc1ccc(Br)cc1. The van der Waals surface area contributed by atoms with Crippen LogP contribution >= 0.6 is 27.5 Å². The molecule has 2 aromatic rings. The molecule has 0 amide bonds. The van der Waals surface area contributed by atoms with Crippen LogP contribution in [0.5, 0.6) is 0 Å². The van der Waals surface area contributed by atoms with Gasteiger partial charge in [-0.2, -0.15) is 0 Å². The Morgan fingerprint density at radius 3 is 2.16 bits per heavy atom. The second kappa shape index (κ2) is 6.25. The van der Waals surface area contributed by atoms with Crippen molar-refractivity contribution < 1.29 is 0 Å². The summed E-state index contributed by atoms with van der Waals surface area (Å²) in [5.74, 6) is 0. The van der Waals surface area contributed by atoms with Gasteiger partial charge in [-0.25, -0.2) is 0 Å². The van der Waals surface area contributed by atoms with Crippen LogP contribution in [0.4, 0.5) is 0 Å². The first kappa shape index (κ1) is 14.8. The zero-order chi connectivity index (χ0) is 13.9. The Labute approximate surface area is 130 Å². The van der Waals surface area contributed by atoms with Gasteiger partial charge in [0.2, 0.25) is 0 Å². The van der Waals surface area contributed by atoms with E-state index in [-0.39, 0.29) is 5.00 Å². The molecular weight excluding hydrogens is 336 g/mol. The summed E-state index contributed by atoms with van der Waals surface area (Å²) in [7, 11) is -1.63. The quantitative estimate of drug-likeness (QED) is 0.549. The van der Waals surface area contributed by atoms with Crippen molar-refractivity contribution in [3.05, 3.63) is 64.6 Å². The third kappa shape index (κ3) is 3.71. The molecule has 0 spiro atoms. The van der Waals surface area contributed by atoms with Crippen molar-refractivity contribution in [1.29, 1.82) is 0 Å². The first-order valence-electron chi connectivity index (χ1n) is 6.44. The highest BCUT2D eigenvalue weighted by Gasteiger charge is 2.32. The molecule has 0 radical (unpaired) electrons. The number of benzene rings is 2. The molecule has 100 valence electrons. The second-order valence-corrected chi connectivity index (χ2v) is 11.9. The summed E-state index contributed by atoms with van der Waals surface area (Å²) in [6, 6.07) is 19.1. The minimum Gasteiger partial charge on any atom is -0.126 e. The average Bonchev–Trinajstić information content (AvgIpc) is 2.42. The summed E-state index contributed by atoms with van der Waals surface area (Å²) in [4.78, 5) is 0. The highest BCUT2D eigenvalue weighted by Crippen LogP contribution is 2.21. The Hall–Kier alpha value is -0.573. The summed E-state index contributed by atoms with van der Waals surface area (Å²) in [5, 5.41) is 1.63. The summed E-state index contributed by atoms with van der Waals surface area (Å²) in [5.41, 5.74) is 1.31. The lowest BCUT2D eigenvalue weighted by Gasteiger charge is -2.28. The van der Waals surface area contributed by atoms with E-state index >= 15 is 0 Å². The van der Waals surface area contributed by atoms with E-state index in [9.17, 15) is 0 Å². The van der Waals surface area contributed by atoms with Crippen molar-refractivity contribution in [1.82, 2.24) is 0 Å². The maximum absolute atomic E-state index is 6.73. The molecule has 1 atom stereocenters. The number of rotatable bonds is 4. The van der Waals surface area contributed by atoms with Gasteiger partial charge in [-0.05, 0) is 24.1 Å². The molecule has 0 aliphatic heterocycles. The molecule has 1 unspecified atom stereocenters. The third-order valence-electron chi connectivity index (χ3n) is 3.63. The van der Waals surface area contributed by atoms with Gasteiger partial charge in [0.05, 0.1) is 0 Å². The molecule has 2 aromatic carbocycles. The van der Waals surface area contributed by atoms with E-state index in [0.29, 0.717) is 0 Å². The summed E-state index contributed by atoms with van der Waals surface area (Å²) in [6.07, 6.45) is 0.933. The van der Waals surface area contributed by atoms with Crippen molar-refractivity contribution in [3.8, 4) is 0 Å². The monoisotopic (exact) mass is 352 g/mol. The van der Waals surface area contributed by atoms with Crippen molar-refractivity contribution in [2.45, 2.75) is 24.5 Å². The number of hydrogen-bond acceptors (Lipinski definition) is 0. The Kier molecular flexibility index (Phi) is 4.88. The molecule has 0 nitrogen and oxygen atoms in total. The van der Waals surface area contributed by atoms with E-state index in [4.69, 9.17) is 11.6 Å². The van der Waals surface area contributed by atoms with Crippen molar-refractivity contribution >= 4 is 40.8 Å². The van der Waals surface area contributed by atoms with Crippen LogP contribution in [0, 0.1) is 0 Å². The van der Waals surface area contributed by atoms with Gasteiger partial charge in [0.1, 0.15) is 8.07 Å². The molecule has 0 bridgehead atoms. The van der Waals surface area contributed by atoms with Crippen molar-refractivity contribution in [3.63, 3.8) is 0 Å². The van der Waals surface area contributed by atoms with E-state index in [0.717, 1.165) is 10.9 Å². The largest absolute Gasteiger partial charge is 0.126 e. The lowest BCUT2D eigenvalue weighted by atomic mass is 10.2. The van der Waals surface area contributed by atoms with Gasteiger partial charge < -0.3 is 0 Å². The molecule has 0 aliphatic rings. The highest BCUT2D eigenvalue weighted by molar-refractivity contribution is 9.10. The van der Waals surface area contributed by atoms with Crippen LogP contribution in [-0.4, -0.2) is 13.1 Å². The molecule has 0 heterocycles. The maximum atomic E-state index is 6.73. The van der Waals surface area contributed by atoms with Crippen LogP contribution in [-0.2, 0) is 6.42 Å². The Morgan fingerprint density at radius 2 is 1.58 bits per heavy atom. The molecule has 0 N–H and O–H groups in total. The van der Waals surface area contributed by atoms with Crippen LogP contribution in [0.1, 0.15) is 5.56 Å². The molecule has 0 aliphatic carbocycles. The summed E-state index contributed by atoms with van der Waals surface area (Å²) in [6.45, 7) is 4.69. The van der Waals surface area contributed by atoms with Crippen LogP contribution < -0.4 is 5.19 Å². The van der Waals surface area contributed by atoms with Crippen LogP contribution in [0.2, 0.25) is 13.1 Å². The van der Waals surface area contributed by atoms with E-state index in [2.05, 4.69) is 83.6 Å². The standard InChI is InChI=1S/C16H18BrClSi/c1-19(2,15-6-4-3-5-7-15)16(18)12-13-8-10-14(17)11-9-13/h3-11,16H,12H2,1-2H3. The minimum absolute atomic E-state index is 0.205. The second-order valence-electron chi connectivity index (χ2n) is 5.39. The normalized spacial score (nSPS) is 13.3. The molecule has 0 fully saturated rings. The fourth-order valence-corrected chi connectivity index (χ4v) is 5.11. The van der Waals surface area contributed by atoms with Gasteiger partial charge in [0.25, 0.3) is 0 Å². The van der Waals surface area contributed by atoms with Gasteiger partial charge >= 0.3 is 0 Å². The summed E-state index contributed by atoms with van der Waals surface area (Å²) >= 11 is 10.2. The van der Waals surface area contributed by atoms with Gasteiger partial charge in [-0.1, -0.05) is 76.7 Å². The topological polar surface area (TPSA) is 0 Å². The lowest BCUT2D eigenvalue weighted by Crippen LogP contribution is -2.51. The molecular formula is C16H18BrClSi. The first-order valence-corrected chi connectivity index (χ1v) is 10.7. The highest BCUT2D eigenvalue weighted by atomic mass is 79.9. The van der Waals surface area contributed by atoms with E-state index in [1.165, 1.54) is 10.8 Å². The fourth-order valence-electron chi connectivity index (χ4n) is 2.13. The minimum atomic E-state index is -1.63. The molecule has 0 aromatic heterocycles. The van der Waals surface area contributed by atoms with Crippen LogP contribution in [0.15, 0.2) is 59.1 Å². The predicted molar refractivity (Wildman–Crippen MR) is 91.0 cm³/mol. The van der Waals surface area contributed by atoms with E-state index in [1.54, 1.807) is 0 Å². The Morgan fingerprint density at radius 1 is 1.00 bits per heavy atom. The van der Waals surface area contributed by atoms with Crippen LogP contribution in [0.3, 0.4) is 0 Å². The first-order chi connectivity index (χ1) is 9.00. The van der Waals surface area contributed by atoms with Gasteiger partial charge in [-0.3, -0.25) is 0 Å². The maximum Gasteiger partial charge on any atom is 0.100 e. The zero-order valence-electron chi connectivity index (χ0n) is 11.2. The molecule has 2 rings (SSSR count). The lowest BCUT2D eigenvalue weighted by molar-refractivity contribution is 1.05. The van der Waals surface area contributed by atoms with E-state index in [1.807, 2.05) is 0 Å². The molecule has 0 saturated heterocycles. The summed E-state index contributed by atoms with van der Waals surface area (Å²) < 4.78 is 1.11. The Balaban J connectivity index is 2.15. The molecule has 3 heteroatoms. The van der Waals surface area contributed by atoms with E-state index < -0.39 is 8.07 Å². The molecule has 0 saturated carbocycles. The van der Waals surface area contributed by atoms with Gasteiger partial charge in [0, 0.05) is 9.47 Å². The smallest absolute Gasteiger partial charge is 0.100 e. The zero-order valence-corrected chi connectivity index (χ0v) is 14.6. The van der Waals surface area contributed by atoms with Gasteiger partial charge in [0.15, 0.2) is 0 Å². The predicted octanol–water partition coefficient (Wildman–Crippen LogP) is 4.75. The number of halogens is 2. The number of hydrogen-bond donors (Lipinski definition) is 0. The van der Waals surface area contributed by atoms with Crippen molar-refractivity contribution in [2.75, 3.05) is 0 Å². The van der Waals surface area contributed by atoms with Crippen LogP contribution in [0.25, 0.3) is 0 Å².